The maximum Gasteiger partial charge on any atom is 0.298 e. The van der Waals surface area contributed by atoms with Crippen molar-refractivity contribution in [3.63, 3.8) is 0 Å². The summed E-state index contributed by atoms with van der Waals surface area (Å²) in [6.07, 6.45) is 10.1. The number of pyridine rings is 1. The van der Waals surface area contributed by atoms with Crippen LogP contribution in [0.5, 0.6) is 0 Å². The van der Waals surface area contributed by atoms with Crippen LogP contribution in [0.2, 0.25) is 0 Å². The molecule has 3 amide bonds. The molecule has 5 N–H and O–H groups in total. The first-order valence-corrected chi connectivity index (χ1v) is 11.7. The lowest BCUT2D eigenvalue weighted by molar-refractivity contribution is -0.129. The van der Waals surface area contributed by atoms with E-state index >= 15 is 0 Å². The molecule has 0 spiro atoms. The molecule has 1 aliphatic heterocycles. The number of primary amides is 1. The van der Waals surface area contributed by atoms with E-state index in [1.807, 2.05) is 19.1 Å². The molecule has 1 atom stereocenters. The van der Waals surface area contributed by atoms with Crippen molar-refractivity contribution in [2.24, 2.45) is 5.73 Å². The third kappa shape index (κ3) is 4.77. The molecule has 0 aliphatic carbocycles. The van der Waals surface area contributed by atoms with Crippen molar-refractivity contribution >= 4 is 23.5 Å². The number of piperidine rings is 1. The van der Waals surface area contributed by atoms with Crippen LogP contribution in [0.25, 0.3) is 11.3 Å². The minimum Gasteiger partial charge on any atom is -0.364 e. The van der Waals surface area contributed by atoms with Gasteiger partial charge in [-0.2, -0.15) is 0 Å². The third-order valence-corrected chi connectivity index (χ3v) is 6.25. The SMILES string of the molecule is C#CC(=O)N1CCCC[C@H]1c1nc(-c2ccc(C(=O)Nc3cc(CC)ccn3)cc2)c(C(N)=O)n1N. The van der Waals surface area contributed by atoms with Crippen LogP contribution in [0.15, 0.2) is 42.6 Å². The zero-order chi connectivity index (χ0) is 25.8. The van der Waals surface area contributed by atoms with Crippen molar-refractivity contribution in [1.82, 2.24) is 19.5 Å². The Morgan fingerprint density at radius 3 is 2.61 bits per heavy atom. The highest BCUT2D eigenvalue weighted by molar-refractivity contribution is 6.04. The first-order valence-electron chi connectivity index (χ1n) is 11.7. The number of nitrogens with one attached hydrogen (secondary N) is 1. The van der Waals surface area contributed by atoms with Gasteiger partial charge in [0.25, 0.3) is 17.7 Å². The summed E-state index contributed by atoms with van der Waals surface area (Å²) in [5, 5.41) is 2.78. The van der Waals surface area contributed by atoms with E-state index in [0.717, 1.165) is 29.5 Å². The summed E-state index contributed by atoms with van der Waals surface area (Å²) in [7, 11) is 0. The molecule has 1 saturated heterocycles. The van der Waals surface area contributed by atoms with E-state index in [0.29, 0.717) is 35.7 Å². The second-order valence-electron chi connectivity index (χ2n) is 8.49. The lowest BCUT2D eigenvalue weighted by Gasteiger charge is -2.33. The summed E-state index contributed by atoms with van der Waals surface area (Å²) < 4.78 is 1.14. The molecule has 0 saturated carbocycles. The highest BCUT2D eigenvalue weighted by Gasteiger charge is 2.33. The number of carbonyl (C=O) groups excluding carboxylic acids is 3. The van der Waals surface area contributed by atoms with Crippen LogP contribution in [0.1, 0.15) is 64.5 Å². The van der Waals surface area contributed by atoms with E-state index in [2.05, 4.69) is 21.2 Å². The average Bonchev–Trinajstić information content (AvgIpc) is 3.25. The number of anilines is 1. The number of benzene rings is 1. The number of carbonyl (C=O) groups is 3. The fourth-order valence-electron chi connectivity index (χ4n) is 4.38. The summed E-state index contributed by atoms with van der Waals surface area (Å²) >= 11 is 0. The molecule has 1 aromatic carbocycles. The van der Waals surface area contributed by atoms with Crippen LogP contribution in [-0.4, -0.2) is 43.8 Å². The lowest BCUT2D eigenvalue weighted by atomic mass is 10.0. The van der Waals surface area contributed by atoms with E-state index < -0.39 is 17.9 Å². The fraction of sp³-hybridized carbons (Fsp3) is 0.269. The van der Waals surface area contributed by atoms with Gasteiger partial charge >= 0.3 is 0 Å². The second kappa shape index (κ2) is 10.3. The minimum absolute atomic E-state index is 0.00135. The van der Waals surface area contributed by atoms with Crippen molar-refractivity contribution in [2.75, 3.05) is 17.7 Å². The van der Waals surface area contributed by atoms with Crippen molar-refractivity contribution in [3.8, 4) is 23.6 Å². The molecule has 0 radical (unpaired) electrons. The maximum atomic E-state index is 12.7. The Morgan fingerprint density at radius 2 is 1.94 bits per heavy atom. The number of amides is 3. The smallest absolute Gasteiger partial charge is 0.298 e. The van der Waals surface area contributed by atoms with Crippen LogP contribution >= 0.6 is 0 Å². The van der Waals surface area contributed by atoms with Gasteiger partial charge in [-0.05, 0) is 61.4 Å². The number of likely N-dealkylation sites (tertiary alicyclic amines) is 1. The fourth-order valence-corrected chi connectivity index (χ4v) is 4.38. The monoisotopic (exact) mass is 485 g/mol. The van der Waals surface area contributed by atoms with Crippen LogP contribution in [0.3, 0.4) is 0 Å². The first kappa shape index (κ1) is 24.5. The van der Waals surface area contributed by atoms with Gasteiger partial charge < -0.3 is 21.8 Å². The molecule has 36 heavy (non-hydrogen) atoms. The van der Waals surface area contributed by atoms with Crippen LogP contribution < -0.4 is 16.9 Å². The normalized spacial score (nSPS) is 15.2. The Balaban J connectivity index is 1.64. The number of rotatable bonds is 6. The van der Waals surface area contributed by atoms with Gasteiger partial charge in [0, 0.05) is 23.9 Å². The summed E-state index contributed by atoms with van der Waals surface area (Å²) in [6, 6.07) is 9.78. The van der Waals surface area contributed by atoms with E-state index in [1.54, 1.807) is 35.4 Å². The van der Waals surface area contributed by atoms with Crippen molar-refractivity contribution in [3.05, 3.63) is 65.2 Å². The van der Waals surface area contributed by atoms with Gasteiger partial charge in [-0.3, -0.25) is 14.4 Å². The number of aryl methyl sites for hydroxylation is 1. The molecule has 0 unspecified atom stereocenters. The van der Waals surface area contributed by atoms with Gasteiger partial charge in [0.2, 0.25) is 0 Å². The highest BCUT2D eigenvalue weighted by atomic mass is 16.2. The largest absolute Gasteiger partial charge is 0.364 e. The molecule has 3 heterocycles. The van der Waals surface area contributed by atoms with E-state index in [9.17, 15) is 14.4 Å². The standard InChI is InChI=1S/C26H27N7O3/c1-3-16-12-13-29-20(15-16)30-26(36)18-10-8-17(9-11-18)22-23(24(27)35)33(28)25(31-22)19-7-5-6-14-32(19)21(34)4-2/h2,8-13,15,19H,3,5-7,14,28H2,1H3,(H2,27,35)(H,29,30,36)/t19-/m0/s1. The second-order valence-corrected chi connectivity index (χ2v) is 8.49. The Morgan fingerprint density at radius 1 is 1.19 bits per heavy atom. The zero-order valence-electron chi connectivity index (χ0n) is 19.9. The molecule has 10 heteroatoms. The Kier molecular flexibility index (Phi) is 7.01. The van der Waals surface area contributed by atoms with Gasteiger partial charge in [0.15, 0.2) is 11.5 Å². The number of nitrogens with zero attached hydrogens (tertiary/aromatic N) is 4. The van der Waals surface area contributed by atoms with Gasteiger partial charge in [-0.15, -0.1) is 6.42 Å². The number of imidazole rings is 1. The zero-order valence-corrected chi connectivity index (χ0v) is 19.9. The van der Waals surface area contributed by atoms with Crippen LogP contribution in [-0.2, 0) is 11.2 Å². The van der Waals surface area contributed by atoms with E-state index in [-0.39, 0.29) is 17.3 Å². The maximum absolute atomic E-state index is 12.7. The molecule has 4 rings (SSSR count). The molecule has 184 valence electrons. The first-order chi connectivity index (χ1) is 17.3. The van der Waals surface area contributed by atoms with Gasteiger partial charge in [-0.25, -0.2) is 14.6 Å². The van der Waals surface area contributed by atoms with Crippen molar-refractivity contribution in [1.29, 1.82) is 0 Å². The van der Waals surface area contributed by atoms with Gasteiger partial charge in [-0.1, -0.05) is 19.1 Å². The number of terminal acetylenes is 1. The quantitative estimate of drug-likeness (QED) is 0.360. The van der Waals surface area contributed by atoms with E-state index in [4.69, 9.17) is 18.0 Å². The Hall–Kier alpha value is -4.65. The number of nitrogens with two attached hydrogens (primary N) is 2. The average molecular weight is 486 g/mol. The number of nitrogen functional groups attached to an aromatic ring is 1. The number of hydrogen-bond acceptors (Lipinski definition) is 6. The van der Waals surface area contributed by atoms with Crippen molar-refractivity contribution in [2.45, 2.75) is 38.6 Å². The molecule has 3 aromatic rings. The number of hydrogen-bond donors (Lipinski definition) is 3. The summed E-state index contributed by atoms with van der Waals surface area (Å²) in [5.74, 6) is 7.64. The van der Waals surface area contributed by atoms with E-state index in [1.165, 1.54) is 0 Å². The van der Waals surface area contributed by atoms with Gasteiger partial charge in [0.1, 0.15) is 11.5 Å². The molecule has 2 aromatic heterocycles. The van der Waals surface area contributed by atoms with Crippen LogP contribution in [0, 0.1) is 12.3 Å². The summed E-state index contributed by atoms with van der Waals surface area (Å²) in [4.78, 5) is 47.7. The Bertz CT molecular complexity index is 1350. The molecule has 0 bridgehead atoms. The lowest BCUT2D eigenvalue weighted by Crippen LogP contribution is -2.40. The number of aromatic nitrogens is 3. The minimum atomic E-state index is -0.763. The predicted molar refractivity (Wildman–Crippen MR) is 135 cm³/mol. The predicted octanol–water partition coefficient (Wildman–Crippen LogP) is 2.26. The third-order valence-electron chi connectivity index (χ3n) is 6.25. The molecular weight excluding hydrogens is 458 g/mol. The molecule has 1 aliphatic rings. The Labute approximate surface area is 208 Å². The molecule has 1 fully saturated rings. The topological polar surface area (TPSA) is 149 Å². The summed E-state index contributed by atoms with van der Waals surface area (Å²) in [5.41, 5.74) is 7.91. The van der Waals surface area contributed by atoms with Crippen molar-refractivity contribution < 1.29 is 14.4 Å². The molecule has 10 nitrogen and oxygen atoms in total. The van der Waals surface area contributed by atoms with Crippen LogP contribution in [0.4, 0.5) is 5.82 Å². The molecular formula is C26H27N7O3. The summed E-state index contributed by atoms with van der Waals surface area (Å²) in [6.45, 7) is 2.49. The highest BCUT2D eigenvalue weighted by Crippen LogP contribution is 2.33. The van der Waals surface area contributed by atoms with Gasteiger partial charge in [0.05, 0.1) is 6.04 Å².